The molecule has 0 radical (unpaired) electrons. The fourth-order valence-corrected chi connectivity index (χ4v) is 4.45. The van der Waals surface area contributed by atoms with Gasteiger partial charge in [0, 0.05) is 51.6 Å². The van der Waals surface area contributed by atoms with Crippen LogP contribution in [0.25, 0.3) is 0 Å². The molecule has 2 saturated heterocycles. The summed E-state index contributed by atoms with van der Waals surface area (Å²) in [6.45, 7) is 3.09. The topological polar surface area (TPSA) is 60.9 Å². The van der Waals surface area contributed by atoms with Gasteiger partial charge >= 0.3 is 11.8 Å². The predicted octanol–water partition coefficient (Wildman–Crippen LogP) is 2.50. The highest BCUT2D eigenvalue weighted by molar-refractivity contribution is 6.35. The lowest BCUT2D eigenvalue weighted by atomic mass is 9.88. The van der Waals surface area contributed by atoms with Crippen molar-refractivity contribution in [3.8, 4) is 0 Å². The third-order valence-corrected chi connectivity index (χ3v) is 6.28. The first-order chi connectivity index (χ1) is 15.1. The molecule has 2 aliphatic rings. The monoisotopic (exact) mass is 419 g/mol. The molecule has 0 aliphatic carbocycles. The second-order valence-corrected chi connectivity index (χ2v) is 8.25. The van der Waals surface area contributed by atoms with Gasteiger partial charge in [-0.05, 0) is 24.0 Å². The van der Waals surface area contributed by atoms with Crippen LogP contribution in [-0.2, 0) is 14.4 Å². The van der Waals surface area contributed by atoms with Crippen LogP contribution in [0.4, 0.5) is 0 Å². The summed E-state index contributed by atoms with van der Waals surface area (Å²) in [5.74, 6) is -0.757. The fraction of sp³-hybridized carbons (Fsp3) is 0.400. The Hall–Kier alpha value is -3.15. The number of hydrogen-bond donors (Lipinski definition) is 0. The molecule has 0 aromatic heterocycles. The summed E-state index contributed by atoms with van der Waals surface area (Å²) in [5, 5.41) is 0. The number of carbonyl (C=O) groups is 3. The molecule has 2 aliphatic heterocycles. The predicted molar refractivity (Wildman–Crippen MR) is 118 cm³/mol. The number of rotatable bonds is 4. The van der Waals surface area contributed by atoms with Gasteiger partial charge in [0.05, 0.1) is 0 Å². The summed E-state index contributed by atoms with van der Waals surface area (Å²) in [6, 6.07) is 20.2. The Kier molecular flexibility index (Phi) is 6.65. The highest BCUT2D eigenvalue weighted by Crippen LogP contribution is 2.28. The van der Waals surface area contributed by atoms with Gasteiger partial charge in [0.2, 0.25) is 5.91 Å². The molecule has 2 heterocycles. The molecule has 0 N–H and O–H groups in total. The first-order valence-corrected chi connectivity index (χ1v) is 11.1. The SMILES string of the molecule is O=C(CC(c1ccccc1)c1ccccc1)N1CCN(C(=O)C(=O)N2CCCC2)CC1. The standard InChI is InChI=1S/C25H29N3O3/c29-23(19-22(20-9-3-1-4-10-20)21-11-5-2-6-12-21)26-15-17-28(18-16-26)25(31)24(30)27-13-7-8-14-27/h1-6,9-12,22H,7-8,13-19H2. The molecule has 0 atom stereocenters. The van der Waals surface area contributed by atoms with Crippen LogP contribution in [0, 0.1) is 0 Å². The maximum atomic E-state index is 13.1. The lowest BCUT2D eigenvalue weighted by Gasteiger charge is -2.35. The van der Waals surface area contributed by atoms with Crippen molar-refractivity contribution in [2.24, 2.45) is 0 Å². The van der Waals surface area contributed by atoms with E-state index < -0.39 is 11.8 Å². The normalized spacial score (nSPS) is 16.6. The van der Waals surface area contributed by atoms with Gasteiger partial charge < -0.3 is 14.7 Å². The van der Waals surface area contributed by atoms with Crippen molar-refractivity contribution in [3.63, 3.8) is 0 Å². The van der Waals surface area contributed by atoms with Gasteiger partial charge in [0.15, 0.2) is 0 Å². The van der Waals surface area contributed by atoms with E-state index in [0.717, 1.165) is 24.0 Å². The minimum absolute atomic E-state index is 0.00805. The zero-order valence-electron chi connectivity index (χ0n) is 17.8. The summed E-state index contributed by atoms with van der Waals surface area (Å²) in [7, 11) is 0. The van der Waals surface area contributed by atoms with Gasteiger partial charge in [-0.3, -0.25) is 14.4 Å². The zero-order chi connectivity index (χ0) is 21.6. The van der Waals surface area contributed by atoms with Gasteiger partial charge in [-0.2, -0.15) is 0 Å². The highest BCUT2D eigenvalue weighted by atomic mass is 16.2. The van der Waals surface area contributed by atoms with Crippen LogP contribution in [0.1, 0.15) is 36.3 Å². The molecule has 0 saturated carbocycles. The summed E-state index contributed by atoms with van der Waals surface area (Å²) in [4.78, 5) is 43.1. The van der Waals surface area contributed by atoms with Crippen molar-refractivity contribution in [2.45, 2.75) is 25.2 Å². The van der Waals surface area contributed by atoms with Crippen molar-refractivity contribution in [2.75, 3.05) is 39.3 Å². The molecule has 6 nitrogen and oxygen atoms in total. The van der Waals surface area contributed by atoms with E-state index >= 15 is 0 Å². The minimum Gasteiger partial charge on any atom is -0.339 e. The average molecular weight is 420 g/mol. The van der Waals surface area contributed by atoms with Gasteiger partial charge in [0.25, 0.3) is 0 Å². The van der Waals surface area contributed by atoms with Crippen LogP contribution in [0.3, 0.4) is 0 Å². The van der Waals surface area contributed by atoms with E-state index in [4.69, 9.17) is 0 Å². The van der Waals surface area contributed by atoms with Crippen LogP contribution >= 0.6 is 0 Å². The molecular weight excluding hydrogens is 390 g/mol. The smallest absolute Gasteiger partial charge is 0.312 e. The lowest BCUT2D eigenvalue weighted by Crippen LogP contribution is -2.54. The Morgan fingerprint density at radius 2 is 1.03 bits per heavy atom. The molecule has 0 bridgehead atoms. The van der Waals surface area contributed by atoms with E-state index in [1.807, 2.05) is 41.3 Å². The summed E-state index contributed by atoms with van der Waals surface area (Å²) < 4.78 is 0. The van der Waals surface area contributed by atoms with Crippen LogP contribution < -0.4 is 0 Å². The van der Waals surface area contributed by atoms with Crippen molar-refractivity contribution >= 4 is 17.7 Å². The minimum atomic E-state index is -0.430. The molecule has 31 heavy (non-hydrogen) atoms. The van der Waals surface area contributed by atoms with E-state index in [2.05, 4.69) is 24.3 Å². The largest absolute Gasteiger partial charge is 0.339 e. The van der Waals surface area contributed by atoms with E-state index in [-0.39, 0.29) is 11.8 Å². The second-order valence-electron chi connectivity index (χ2n) is 8.25. The van der Waals surface area contributed by atoms with Crippen molar-refractivity contribution in [1.82, 2.24) is 14.7 Å². The third-order valence-electron chi connectivity index (χ3n) is 6.28. The zero-order valence-corrected chi connectivity index (χ0v) is 17.8. The van der Waals surface area contributed by atoms with E-state index in [1.165, 1.54) is 0 Å². The summed E-state index contributed by atoms with van der Waals surface area (Å²) in [5.41, 5.74) is 2.24. The maximum absolute atomic E-state index is 13.1. The van der Waals surface area contributed by atoms with Gasteiger partial charge in [-0.1, -0.05) is 60.7 Å². The van der Waals surface area contributed by atoms with Crippen LogP contribution in [0.2, 0.25) is 0 Å². The molecule has 0 unspecified atom stereocenters. The first kappa shape index (κ1) is 21.1. The number of piperazine rings is 1. The van der Waals surface area contributed by atoms with Crippen LogP contribution in [0.5, 0.6) is 0 Å². The fourth-order valence-electron chi connectivity index (χ4n) is 4.45. The number of amides is 3. The lowest BCUT2D eigenvalue weighted by molar-refractivity contribution is -0.153. The number of nitrogens with zero attached hydrogens (tertiary/aromatic N) is 3. The molecule has 0 spiro atoms. The Balaban J connectivity index is 1.37. The first-order valence-electron chi connectivity index (χ1n) is 11.1. The van der Waals surface area contributed by atoms with Crippen molar-refractivity contribution in [1.29, 1.82) is 0 Å². The Morgan fingerprint density at radius 3 is 1.52 bits per heavy atom. The average Bonchev–Trinajstić information content (AvgIpc) is 3.38. The van der Waals surface area contributed by atoms with E-state index in [9.17, 15) is 14.4 Å². The van der Waals surface area contributed by atoms with Crippen molar-refractivity contribution in [3.05, 3.63) is 71.8 Å². The van der Waals surface area contributed by atoms with Gasteiger partial charge in [-0.15, -0.1) is 0 Å². The van der Waals surface area contributed by atoms with Gasteiger partial charge in [0.1, 0.15) is 0 Å². The molecule has 2 fully saturated rings. The van der Waals surface area contributed by atoms with Gasteiger partial charge in [-0.25, -0.2) is 0 Å². The second kappa shape index (κ2) is 9.77. The molecule has 3 amide bonds. The maximum Gasteiger partial charge on any atom is 0.312 e. The number of hydrogen-bond acceptors (Lipinski definition) is 3. The van der Waals surface area contributed by atoms with Crippen LogP contribution in [0.15, 0.2) is 60.7 Å². The molecule has 6 heteroatoms. The van der Waals surface area contributed by atoms with Crippen LogP contribution in [-0.4, -0.2) is 71.7 Å². The molecule has 2 aromatic carbocycles. The molecule has 162 valence electrons. The van der Waals surface area contributed by atoms with E-state index in [0.29, 0.717) is 45.7 Å². The summed E-state index contributed by atoms with van der Waals surface area (Å²) >= 11 is 0. The number of likely N-dealkylation sites (tertiary alicyclic amines) is 1. The Labute approximate surface area is 183 Å². The quantitative estimate of drug-likeness (QED) is 0.716. The summed E-state index contributed by atoms with van der Waals surface area (Å²) in [6.07, 6.45) is 2.31. The Morgan fingerprint density at radius 1 is 0.613 bits per heavy atom. The third kappa shape index (κ3) is 4.95. The molecule has 2 aromatic rings. The number of carbonyl (C=O) groups excluding carboxylic acids is 3. The molecular formula is C25H29N3O3. The highest BCUT2D eigenvalue weighted by Gasteiger charge is 2.32. The van der Waals surface area contributed by atoms with Crippen molar-refractivity contribution < 1.29 is 14.4 Å². The van der Waals surface area contributed by atoms with E-state index in [1.54, 1.807) is 9.80 Å². The Bertz CT molecular complexity index is 863. The number of benzene rings is 2. The molecule has 4 rings (SSSR count).